The van der Waals surface area contributed by atoms with E-state index in [4.69, 9.17) is 4.74 Å². The predicted octanol–water partition coefficient (Wildman–Crippen LogP) is 2.29. The van der Waals surface area contributed by atoms with Crippen molar-refractivity contribution < 1.29 is 4.74 Å². The minimum Gasteiger partial charge on any atom is -0.368 e. The highest BCUT2D eigenvalue weighted by Crippen LogP contribution is 2.42. The van der Waals surface area contributed by atoms with Crippen molar-refractivity contribution in [1.29, 1.82) is 0 Å². The van der Waals surface area contributed by atoms with E-state index < -0.39 is 0 Å². The Balaban J connectivity index is 2.24. The van der Waals surface area contributed by atoms with Gasteiger partial charge in [0.05, 0.1) is 11.2 Å². The fourth-order valence-electron chi connectivity index (χ4n) is 3.11. The maximum atomic E-state index is 6.28. The normalized spacial score (nSPS) is 42.4. The molecule has 2 unspecified atom stereocenters. The van der Waals surface area contributed by atoms with Crippen molar-refractivity contribution in [2.75, 3.05) is 19.6 Å². The summed E-state index contributed by atoms with van der Waals surface area (Å²) in [5, 5.41) is 0. The Morgan fingerprint density at radius 3 is 2.64 bits per heavy atom. The van der Waals surface area contributed by atoms with Crippen LogP contribution in [0.3, 0.4) is 0 Å². The van der Waals surface area contributed by atoms with Gasteiger partial charge >= 0.3 is 0 Å². The quantitative estimate of drug-likeness (QED) is 0.639. The molecular weight excluding hydrogens is 174 g/mol. The fourth-order valence-corrected chi connectivity index (χ4v) is 3.11. The molecule has 2 bridgehead atoms. The molecule has 82 valence electrons. The molecule has 0 amide bonds. The minimum absolute atomic E-state index is 0.0803. The first-order chi connectivity index (χ1) is 6.45. The Hall–Kier alpha value is -0.0800. The number of hydrogen-bond acceptors (Lipinski definition) is 2. The van der Waals surface area contributed by atoms with Gasteiger partial charge in [-0.15, -0.1) is 0 Å². The molecule has 0 saturated carbocycles. The lowest BCUT2D eigenvalue weighted by atomic mass is 9.81. The molecule has 0 N–H and O–H groups in total. The van der Waals surface area contributed by atoms with Crippen LogP contribution < -0.4 is 0 Å². The summed E-state index contributed by atoms with van der Waals surface area (Å²) in [4.78, 5) is 2.55. The van der Waals surface area contributed by atoms with Gasteiger partial charge in [-0.25, -0.2) is 0 Å². The van der Waals surface area contributed by atoms with Crippen molar-refractivity contribution in [1.82, 2.24) is 4.90 Å². The van der Waals surface area contributed by atoms with E-state index in [1.807, 2.05) is 0 Å². The van der Waals surface area contributed by atoms with Gasteiger partial charge in [-0.2, -0.15) is 0 Å². The maximum absolute atomic E-state index is 6.28. The summed E-state index contributed by atoms with van der Waals surface area (Å²) >= 11 is 0. The average Bonchev–Trinajstić information content (AvgIpc) is 2.27. The van der Waals surface area contributed by atoms with Crippen LogP contribution in [0.4, 0.5) is 0 Å². The zero-order chi connectivity index (χ0) is 10.4. The van der Waals surface area contributed by atoms with Crippen LogP contribution in [0.2, 0.25) is 0 Å². The minimum atomic E-state index is 0.0803. The van der Waals surface area contributed by atoms with E-state index in [-0.39, 0.29) is 11.2 Å². The summed E-state index contributed by atoms with van der Waals surface area (Å²) in [5.74, 6) is 0.720. The highest BCUT2D eigenvalue weighted by Gasteiger charge is 2.47. The van der Waals surface area contributed by atoms with Crippen molar-refractivity contribution in [2.45, 2.75) is 51.7 Å². The van der Waals surface area contributed by atoms with Crippen LogP contribution in [0.5, 0.6) is 0 Å². The summed E-state index contributed by atoms with van der Waals surface area (Å²) in [6, 6.07) is 0. The van der Waals surface area contributed by atoms with E-state index >= 15 is 0 Å². The Morgan fingerprint density at radius 2 is 2.07 bits per heavy atom. The molecule has 3 aliphatic rings. The van der Waals surface area contributed by atoms with Gasteiger partial charge in [-0.05, 0) is 40.2 Å². The van der Waals surface area contributed by atoms with Crippen molar-refractivity contribution >= 4 is 0 Å². The highest BCUT2D eigenvalue weighted by molar-refractivity contribution is 4.98. The maximum Gasteiger partial charge on any atom is 0.0788 e. The lowest BCUT2D eigenvalue weighted by molar-refractivity contribution is -0.176. The van der Waals surface area contributed by atoms with E-state index in [1.54, 1.807) is 0 Å². The number of rotatable bonds is 1. The standard InChI is InChI=1S/C12H23NO/c1-5-13-8-10-6-7-12(4,9-13)14-11(10,2)3/h10H,5-9H2,1-4H3. The molecule has 0 aromatic rings. The molecular formula is C12H23NO. The molecule has 3 aliphatic heterocycles. The van der Waals surface area contributed by atoms with Gasteiger partial charge < -0.3 is 9.64 Å². The van der Waals surface area contributed by atoms with Gasteiger partial charge in [0, 0.05) is 19.0 Å². The summed E-state index contributed by atoms with van der Waals surface area (Å²) in [7, 11) is 0. The number of nitrogens with zero attached hydrogens (tertiary/aromatic N) is 1. The van der Waals surface area contributed by atoms with Crippen LogP contribution in [-0.2, 0) is 4.74 Å². The largest absolute Gasteiger partial charge is 0.368 e. The van der Waals surface area contributed by atoms with Crippen LogP contribution in [0.15, 0.2) is 0 Å². The monoisotopic (exact) mass is 197 g/mol. The van der Waals surface area contributed by atoms with Crippen LogP contribution in [0.25, 0.3) is 0 Å². The molecule has 0 aromatic carbocycles. The SMILES string of the molecule is CCN1CC2CCC(C)(C1)OC2(C)C. The average molecular weight is 197 g/mol. The first-order valence-electron chi connectivity index (χ1n) is 5.88. The van der Waals surface area contributed by atoms with Gasteiger partial charge in [0.1, 0.15) is 0 Å². The van der Waals surface area contributed by atoms with Gasteiger partial charge in [-0.3, -0.25) is 0 Å². The second-order valence-electron chi connectivity index (χ2n) is 5.72. The molecule has 2 nitrogen and oxygen atoms in total. The number of ether oxygens (including phenoxy) is 1. The van der Waals surface area contributed by atoms with Gasteiger partial charge in [-0.1, -0.05) is 6.92 Å². The Labute approximate surface area is 87.6 Å². The first-order valence-corrected chi connectivity index (χ1v) is 5.88. The molecule has 0 spiro atoms. The van der Waals surface area contributed by atoms with E-state index in [0.29, 0.717) is 0 Å². The molecule has 3 heterocycles. The molecule has 3 rings (SSSR count). The smallest absolute Gasteiger partial charge is 0.0788 e. The first kappa shape index (κ1) is 10.4. The van der Waals surface area contributed by atoms with Crippen molar-refractivity contribution in [3.8, 4) is 0 Å². The molecule has 3 saturated heterocycles. The van der Waals surface area contributed by atoms with Crippen LogP contribution in [0, 0.1) is 5.92 Å². The zero-order valence-corrected chi connectivity index (χ0v) is 9.97. The zero-order valence-electron chi connectivity index (χ0n) is 9.97. The lowest BCUT2D eigenvalue weighted by Gasteiger charge is -2.44. The molecule has 2 heteroatoms. The van der Waals surface area contributed by atoms with Crippen molar-refractivity contribution in [3.63, 3.8) is 0 Å². The van der Waals surface area contributed by atoms with E-state index in [9.17, 15) is 0 Å². The third-order valence-corrected chi connectivity index (χ3v) is 4.00. The Bertz CT molecular complexity index is 226. The third-order valence-electron chi connectivity index (χ3n) is 4.00. The van der Waals surface area contributed by atoms with Crippen LogP contribution in [0.1, 0.15) is 40.5 Å². The van der Waals surface area contributed by atoms with E-state index in [1.165, 1.54) is 19.4 Å². The highest BCUT2D eigenvalue weighted by atomic mass is 16.5. The second kappa shape index (κ2) is 3.21. The van der Waals surface area contributed by atoms with Crippen molar-refractivity contribution in [2.24, 2.45) is 5.92 Å². The van der Waals surface area contributed by atoms with Gasteiger partial charge in [0.25, 0.3) is 0 Å². The summed E-state index contributed by atoms with van der Waals surface area (Å²) in [6.07, 6.45) is 2.57. The van der Waals surface area contributed by atoms with Gasteiger partial charge in [0.2, 0.25) is 0 Å². The Morgan fingerprint density at radius 1 is 1.36 bits per heavy atom. The second-order valence-corrected chi connectivity index (χ2v) is 5.72. The summed E-state index contributed by atoms with van der Waals surface area (Å²) in [6.45, 7) is 12.5. The van der Waals surface area contributed by atoms with Crippen LogP contribution >= 0.6 is 0 Å². The summed E-state index contributed by atoms with van der Waals surface area (Å²) < 4.78 is 6.28. The molecule has 0 radical (unpaired) electrons. The summed E-state index contributed by atoms with van der Waals surface area (Å²) in [5.41, 5.74) is 0.184. The van der Waals surface area contributed by atoms with E-state index in [2.05, 4.69) is 32.6 Å². The topological polar surface area (TPSA) is 12.5 Å². The molecule has 0 aromatic heterocycles. The molecule has 3 fully saturated rings. The molecule has 0 aliphatic carbocycles. The number of likely N-dealkylation sites (N-methyl/N-ethyl adjacent to an activating group) is 1. The lowest BCUT2D eigenvalue weighted by Crippen LogP contribution is -2.48. The number of hydrogen-bond donors (Lipinski definition) is 0. The van der Waals surface area contributed by atoms with Gasteiger partial charge in [0.15, 0.2) is 0 Å². The molecule has 2 atom stereocenters. The van der Waals surface area contributed by atoms with Crippen LogP contribution in [-0.4, -0.2) is 35.7 Å². The fraction of sp³-hybridized carbons (Fsp3) is 1.00. The van der Waals surface area contributed by atoms with E-state index in [0.717, 1.165) is 19.0 Å². The number of fused-ring (bicyclic) bond motifs is 4. The third kappa shape index (κ3) is 1.70. The van der Waals surface area contributed by atoms with Crippen molar-refractivity contribution in [3.05, 3.63) is 0 Å². The predicted molar refractivity (Wildman–Crippen MR) is 58.4 cm³/mol. The Kier molecular flexibility index (Phi) is 2.39. The molecule has 14 heavy (non-hydrogen) atoms.